The van der Waals surface area contributed by atoms with Crippen LogP contribution in [0.25, 0.3) is 0 Å². The molecule has 11 heteroatoms. The Morgan fingerprint density at radius 1 is 1.23 bits per heavy atom. The minimum absolute atomic E-state index is 0.00634. The molecule has 0 aliphatic rings. The van der Waals surface area contributed by atoms with Gasteiger partial charge in [-0.05, 0) is 53.9 Å². The van der Waals surface area contributed by atoms with Gasteiger partial charge in [-0.1, -0.05) is 31.5 Å². The number of nitro groups is 1. The van der Waals surface area contributed by atoms with E-state index in [2.05, 4.69) is 31.2 Å². The van der Waals surface area contributed by atoms with Crippen LogP contribution in [-0.4, -0.2) is 32.3 Å². The maximum Gasteiger partial charge on any atom is 0.321 e. The molecule has 35 heavy (non-hydrogen) atoms. The minimum atomic E-state index is -1.45. The first kappa shape index (κ1) is 25.8. The fourth-order valence-corrected chi connectivity index (χ4v) is 3.50. The maximum absolute atomic E-state index is 13.3. The largest absolute Gasteiger partial charge is 0.461 e. The predicted octanol–water partition coefficient (Wildman–Crippen LogP) is 5.79. The molecule has 1 amide bonds. The number of carbonyl (C=O) groups is 1. The van der Waals surface area contributed by atoms with Gasteiger partial charge < -0.3 is 14.8 Å². The predicted molar refractivity (Wildman–Crippen MR) is 134 cm³/mol. The van der Waals surface area contributed by atoms with Gasteiger partial charge in [-0.25, -0.2) is 9.97 Å². The smallest absolute Gasteiger partial charge is 0.321 e. The number of hydrogen-bond acceptors (Lipinski definition) is 8. The van der Waals surface area contributed by atoms with Gasteiger partial charge in [-0.2, -0.15) is 0 Å². The van der Waals surface area contributed by atoms with Crippen molar-refractivity contribution in [1.82, 2.24) is 9.97 Å². The number of benzene rings is 2. The first-order valence-corrected chi connectivity index (χ1v) is 11.5. The van der Waals surface area contributed by atoms with Gasteiger partial charge >= 0.3 is 6.01 Å². The number of amides is 1. The molecule has 0 saturated heterocycles. The van der Waals surface area contributed by atoms with Crippen LogP contribution < -0.4 is 10.1 Å². The first-order chi connectivity index (χ1) is 16.6. The van der Waals surface area contributed by atoms with E-state index < -0.39 is 22.3 Å². The lowest BCUT2D eigenvalue weighted by Crippen LogP contribution is -2.44. The first-order valence-electron chi connectivity index (χ1n) is 10.7. The molecule has 0 aliphatic carbocycles. The van der Waals surface area contributed by atoms with Gasteiger partial charge in [-0.3, -0.25) is 20.3 Å². The zero-order chi connectivity index (χ0) is 25.6. The molecule has 0 spiro atoms. The third kappa shape index (κ3) is 6.38. The van der Waals surface area contributed by atoms with E-state index in [-0.39, 0.29) is 23.7 Å². The second-order valence-electron chi connectivity index (χ2n) is 7.91. The number of nitrogens with zero attached hydrogens (tertiary/aromatic N) is 3. The van der Waals surface area contributed by atoms with Gasteiger partial charge in [0.05, 0.1) is 9.40 Å². The number of aryl methyl sites for hydroxylation is 1. The highest BCUT2D eigenvalue weighted by atomic mass is 79.9. The molecule has 2 N–H and O–H groups in total. The third-order valence-corrected chi connectivity index (χ3v) is 5.53. The average molecular weight is 542 g/mol. The summed E-state index contributed by atoms with van der Waals surface area (Å²) in [5.41, 5.74) is -0.479. The SMILES string of the molecule is CCCC(C)(OC(=N)c1ccccc1[N+](=O)[O-])C(=O)Nc1ccc(C)c(Oc2ncc(Br)cn2)c1. The Bertz CT molecular complexity index is 1250. The summed E-state index contributed by atoms with van der Waals surface area (Å²) in [6, 6.07) is 11.0. The van der Waals surface area contributed by atoms with Crippen molar-refractivity contribution in [1.29, 1.82) is 5.41 Å². The van der Waals surface area contributed by atoms with Crippen LogP contribution in [0, 0.1) is 22.4 Å². The Morgan fingerprint density at radius 3 is 2.57 bits per heavy atom. The molecule has 0 saturated carbocycles. The van der Waals surface area contributed by atoms with Crippen molar-refractivity contribution < 1.29 is 19.2 Å². The van der Waals surface area contributed by atoms with Crippen LogP contribution in [0.15, 0.2) is 59.3 Å². The fraction of sp³-hybridized carbons (Fsp3) is 0.250. The Labute approximate surface area is 210 Å². The number of halogens is 1. The van der Waals surface area contributed by atoms with Crippen LogP contribution in [0.5, 0.6) is 11.8 Å². The molecular formula is C24H24BrN5O5. The van der Waals surface area contributed by atoms with Gasteiger partial charge in [-0.15, -0.1) is 0 Å². The monoisotopic (exact) mass is 541 g/mol. The third-order valence-electron chi connectivity index (χ3n) is 5.12. The Hall–Kier alpha value is -3.86. The number of para-hydroxylation sites is 1. The quantitative estimate of drug-likeness (QED) is 0.151. The van der Waals surface area contributed by atoms with E-state index >= 15 is 0 Å². The Kier molecular flexibility index (Phi) is 8.13. The number of ether oxygens (including phenoxy) is 2. The van der Waals surface area contributed by atoms with E-state index in [0.29, 0.717) is 22.3 Å². The van der Waals surface area contributed by atoms with E-state index in [1.54, 1.807) is 43.6 Å². The summed E-state index contributed by atoms with van der Waals surface area (Å²) in [4.78, 5) is 32.2. The van der Waals surface area contributed by atoms with Crippen molar-refractivity contribution in [3.05, 3.63) is 80.6 Å². The average Bonchev–Trinajstić information content (AvgIpc) is 2.82. The van der Waals surface area contributed by atoms with Gasteiger partial charge in [0.2, 0.25) is 5.90 Å². The maximum atomic E-state index is 13.3. The molecule has 1 unspecified atom stereocenters. The van der Waals surface area contributed by atoms with Crippen molar-refractivity contribution >= 4 is 39.1 Å². The highest BCUT2D eigenvalue weighted by Crippen LogP contribution is 2.29. The highest BCUT2D eigenvalue weighted by molar-refractivity contribution is 9.10. The zero-order valence-electron chi connectivity index (χ0n) is 19.4. The van der Waals surface area contributed by atoms with Crippen LogP contribution >= 0.6 is 15.9 Å². The lowest BCUT2D eigenvalue weighted by Gasteiger charge is -2.29. The number of hydrogen-bond donors (Lipinski definition) is 2. The minimum Gasteiger partial charge on any atom is -0.461 e. The van der Waals surface area contributed by atoms with Crippen molar-refractivity contribution in [3.8, 4) is 11.8 Å². The number of aromatic nitrogens is 2. The second-order valence-corrected chi connectivity index (χ2v) is 8.82. The Balaban J connectivity index is 1.81. The van der Waals surface area contributed by atoms with Gasteiger partial charge in [0, 0.05) is 30.2 Å². The molecule has 2 aromatic carbocycles. The lowest BCUT2D eigenvalue weighted by atomic mass is 9.98. The topological polar surface area (TPSA) is 140 Å². The zero-order valence-corrected chi connectivity index (χ0v) is 21.0. The standard InChI is InChI=1S/C24H24BrN5O5/c1-4-11-24(3,35-21(26)18-7-5-6-8-19(18)30(32)33)22(31)29-17-10-9-15(2)20(12-17)34-23-27-13-16(25)14-28-23/h5-10,12-14,26H,4,11H2,1-3H3,(H,29,31). The molecule has 1 atom stereocenters. The van der Waals surface area contributed by atoms with Crippen molar-refractivity contribution in [3.63, 3.8) is 0 Å². The van der Waals surface area contributed by atoms with Crippen LogP contribution in [0.4, 0.5) is 11.4 Å². The van der Waals surface area contributed by atoms with Crippen LogP contribution in [0.3, 0.4) is 0 Å². The van der Waals surface area contributed by atoms with Gasteiger partial charge in [0.15, 0.2) is 5.60 Å². The normalized spacial score (nSPS) is 12.3. The van der Waals surface area contributed by atoms with Crippen molar-refractivity contribution in [2.45, 2.75) is 39.2 Å². The molecule has 0 fully saturated rings. The molecule has 3 rings (SSSR count). The summed E-state index contributed by atoms with van der Waals surface area (Å²) in [5.74, 6) is -0.503. The van der Waals surface area contributed by atoms with Gasteiger partial charge in [0.1, 0.15) is 11.3 Å². The molecule has 0 aliphatic heterocycles. The van der Waals surface area contributed by atoms with E-state index in [9.17, 15) is 14.9 Å². The summed E-state index contributed by atoms with van der Waals surface area (Å²) in [6.07, 6.45) is 3.98. The number of nitro benzene ring substituents is 1. The summed E-state index contributed by atoms with van der Waals surface area (Å²) in [7, 11) is 0. The summed E-state index contributed by atoms with van der Waals surface area (Å²) in [5, 5.41) is 22.5. The van der Waals surface area contributed by atoms with Crippen molar-refractivity contribution in [2.75, 3.05) is 5.32 Å². The summed E-state index contributed by atoms with van der Waals surface area (Å²) in [6.45, 7) is 5.27. The Morgan fingerprint density at radius 2 is 1.91 bits per heavy atom. The highest BCUT2D eigenvalue weighted by Gasteiger charge is 2.37. The number of nitrogens with one attached hydrogen (secondary N) is 2. The molecule has 0 bridgehead atoms. The molecule has 10 nitrogen and oxygen atoms in total. The second kappa shape index (κ2) is 11.0. The molecular weight excluding hydrogens is 518 g/mol. The molecule has 182 valence electrons. The van der Waals surface area contributed by atoms with Crippen LogP contribution in [0.2, 0.25) is 0 Å². The molecule has 1 aromatic heterocycles. The summed E-state index contributed by atoms with van der Waals surface area (Å²) < 4.78 is 12.2. The molecule has 3 aromatic rings. The van der Waals surface area contributed by atoms with E-state index in [1.807, 2.05) is 13.8 Å². The van der Waals surface area contributed by atoms with E-state index in [4.69, 9.17) is 14.9 Å². The molecule has 1 heterocycles. The van der Waals surface area contributed by atoms with Crippen LogP contribution in [0.1, 0.15) is 37.8 Å². The molecule has 0 radical (unpaired) electrons. The van der Waals surface area contributed by atoms with Crippen LogP contribution in [-0.2, 0) is 9.53 Å². The van der Waals surface area contributed by atoms with Gasteiger partial charge in [0.25, 0.3) is 11.6 Å². The fourth-order valence-electron chi connectivity index (χ4n) is 3.30. The van der Waals surface area contributed by atoms with E-state index in [0.717, 1.165) is 5.56 Å². The lowest BCUT2D eigenvalue weighted by molar-refractivity contribution is -0.385. The van der Waals surface area contributed by atoms with E-state index in [1.165, 1.54) is 18.2 Å². The number of rotatable bonds is 9. The number of anilines is 1. The van der Waals surface area contributed by atoms with Crippen molar-refractivity contribution in [2.24, 2.45) is 0 Å². The number of carbonyl (C=O) groups excluding carboxylic acids is 1. The summed E-state index contributed by atoms with van der Waals surface area (Å²) >= 11 is 3.27.